The van der Waals surface area contributed by atoms with E-state index in [1.165, 1.54) is 59.5 Å². The van der Waals surface area contributed by atoms with Crippen molar-refractivity contribution >= 4 is 98.1 Å². The monoisotopic (exact) mass is 726 g/mol. The van der Waals surface area contributed by atoms with Crippen molar-refractivity contribution in [3.05, 3.63) is 182 Å². The van der Waals surface area contributed by atoms with Crippen molar-refractivity contribution in [1.29, 1.82) is 0 Å². The summed E-state index contributed by atoms with van der Waals surface area (Å²) in [7, 11) is 0. The second-order valence-corrected chi connectivity index (χ2v) is 15.0. The average Bonchev–Trinajstić information content (AvgIpc) is 3.93. The van der Waals surface area contributed by atoms with E-state index in [9.17, 15) is 0 Å². The molecule has 0 amide bonds. The predicted octanol–water partition coefficient (Wildman–Crippen LogP) is 13.7. The molecule has 13 aromatic rings. The highest BCUT2D eigenvalue weighted by Crippen LogP contribution is 2.41. The maximum atomic E-state index is 6.38. The highest BCUT2D eigenvalue weighted by Gasteiger charge is 2.20. The van der Waals surface area contributed by atoms with Crippen molar-refractivity contribution in [3.63, 3.8) is 0 Å². The molecule has 5 heteroatoms. The Bertz CT molecular complexity index is 3810. The maximum Gasteiger partial charge on any atom is 0.246 e. The molecule has 13 rings (SSSR count). The number of nitrogens with zero attached hydrogens (tertiary/aromatic N) is 4. The van der Waals surface area contributed by atoms with Crippen LogP contribution in [0.4, 0.5) is 0 Å². The van der Waals surface area contributed by atoms with Crippen LogP contribution in [-0.4, -0.2) is 19.1 Å². The van der Waals surface area contributed by atoms with Crippen LogP contribution in [0.25, 0.3) is 121 Å². The van der Waals surface area contributed by atoms with E-state index < -0.39 is 0 Å². The summed E-state index contributed by atoms with van der Waals surface area (Å²) < 4.78 is 11.0. The first-order valence-corrected chi connectivity index (χ1v) is 19.3. The SMILES string of the molecule is c1ccc(-n2c3ccccc3c3cc(-c4ccc5c6ccccc6n(-c6cnc7oc8ccc9c%10ccc%11ccccc%11c%10ccc9c8c7n6)c5c4)ccc32)cc1. The van der Waals surface area contributed by atoms with E-state index in [2.05, 4.69) is 185 Å². The molecule has 0 radical (unpaired) electrons. The molecule has 4 heterocycles. The number of hydrogen-bond donors (Lipinski definition) is 0. The molecule has 0 fully saturated rings. The molecule has 0 saturated carbocycles. The van der Waals surface area contributed by atoms with Crippen molar-refractivity contribution in [2.24, 2.45) is 0 Å². The summed E-state index contributed by atoms with van der Waals surface area (Å²) in [5.74, 6) is 0.749. The minimum atomic E-state index is 0.532. The zero-order valence-corrected chi connectivity index (χ0v) is 30.5. The summed E-state index contributed by atoms with van der Waals surface area (Å²) in [5.41, 5.74) is 10.1. The number of para-hydroxylation sites is 3. The van der Waals surface area contributed by atoms with Crippen molar-refractivity contribution in [3.8, 4) is 22.6 Å². The fraction of sp³-hybridized carbons (Fsp3) is 0. The summed E-state index contributed by atoms with van der Waals surface area (Å²) in [6.45, 7) is 0. The van der Waals surface area contributed by atoms with Crippen LogP contribution in [0, 0.1) is 0 Å². The molecular weight excluding hydrogens is 697 g/mol. The Hall–Kier alpha value is -7.76. The van der Waals surface area contributed by atoms with Gasteiger partial charge in [-0.15, -0.1) is 0 Å². The lowest BCUT2D eigenvalue weighted by atomic mass is 9.96. The summed E-state index contributed by atoms with van der Waals surface area (Å²) in [6, 6.07) is 63.2. The van der Waals surface area contributed by atoms with Gasteiger partial charge in [0, 0.05) is 27.2 Å². The first-order valence-electron chi connectivity index (χ1n) is 19.3. The highest BCUT2D eigenvalue weighted by molar-refractivity contribution is 6.25. The van der Waals surface area contributed by atoms with Crippen LogP contribution in [0.1, 0.15) is 0 Å². The number of hydrogen-bond acceptors (Lipinski definition) is 3. The zero-order valence-electron chi connectivity index (χ0n) is 30.5. The molecule has 0 atom stereocenters. The van der Waals surface area contributed by atoms with Crippen LogP contribution in [0.2, 0.25) is 0 Å². The third-order valence-corrected chi connectivity index (χ3v) is 12.0. The van der Waals surface area contributed by atoms with E-state index in [4.69, 9.17) is 14.4 Å². The molecule has 0 bridgehead atoms. The van der Waals surface area contributed by atoms with Crippen molar-refractivity contribution < 1.29 is 4.42 Å². The predicted molar refractivity (Wildman–Crippen MR) is 236 cm³/mol. The molecular formula is C52H30N4O. The third-order valence-electron chi connectivity index (χ3n) is 12.0. The van der Waals surface area contributed by atoms with Crippen molar-refractivity contribution in [2.45, 2.75) is 0 Å². The Morgan fingerprint density at radius 2 is 1.00 bits per heavy atom. The normalized spacial score (nSPS) is 12.2. The first-order chi connectivity index (χ1) is 28.3. The van der Waals surface area contributed by atoms with E-state index >= 15 is 0 Å². The molecule has 0 aliphatic heterocycles. The van der Waals surface area contributed by atoms with Gasteiger partial charge in [0.2, 0.25) is 5.71 Å². The summed E-state index contributed by atoms with van der Waals surface area (Å²) in [6.07, 6.45) is 1.84. The molecule has 0 unspecified atom stereocenters. The smallest absolute Gasteiger partial charge is 0.246 e. The minimum absolute atomic E-state index is 0.532. The lowest BCUT2D eigenvalue weighted by Crippen LogP contribution is -1.98. The van der Waals surface area contributed by atoms with E-state index in [1.54, 1.807) is 0 Å². The zero-order chi connectivity index (χ0) is 37.2. The van der Waals surface area contributed by atoms with Gasteiger partial charge in [0.15, 0.2) is 5.82 Å². The highest BCUT2D eigenvalue weighted by atomic mass is 16.3. The molecule has 0 spiro atoms. The van der Waals surface area contributed by atoms with Crippen LogP contribution in [0.5, 0.6) is 0 Å². The standard InChI is InChI=1S/C52H30N4O/c1-2-11-34(12-3-1)55-44-16-8-7-15-40(44)43-28-32(20-26-46(43)55)33-19-22-41-39-14-6-9-17-45(39)56(47(41)29-33)49-30-53-52-51(54-49)50-42-24-23-36-35-13-5-4-10-31(35)18-21-37(36)38(42)25-27-48(50)57-52/h1-30H. The maximum absolute atomic E-state index is 6.38. The Labute approximate surface area is 325 Å². The van der Waals surface area contributed by atoms with E-state index in [1.807, 2.05) is 6.20 Å². The van der Waals surface area contributed by atoms with Crippen LogP contribution in [-0.2, 0) is 0 Å². The van der Waals surface area contributed by atoms with Gasteiger partial charge in [-0.2, -0.15) is 0 Å². The minimum Gasteiger partial charge on any atom is -0.436 e. The Morgan fingerprint density at radius 3 is 1.88 bits per heavy atom. The van der Waals surface area contributed by atoms with Crippen LogP contribution >= 0.6 is 0 Å². The quantitative estimate of drug-likeness (QED) is 0.170. The lowest BCUT2D eigenvalue weighted by molar-refractivity contribution is 0.652. The van der Waals surface area contributed by atoms with Gasteiger partial charge < -0.3 is 8.98 Å². The lowest BCUT2D eigenvalue weighted by Gasteiger charge is -2.10. The molecule has 4 aromatic heterocycles. The fourth-order valence-electron chi connectivity index (χ4n) is 9.44. The Balaban J connectivity index is 1.02. The first kappa shape index (κ1) is 30.6. The van der Waals surface area contributed by atoms with Gasteiger partial charge in [-0.05, 0) is 92.0 Å². The van der Waals surface area contributed by atoms with Gasteiger partial charge in [0.1, 0.15) is 11.1 Å². The fourth-order valence-corrected chi connectivity index (χ4v) is 9.44. The summed E-state index contributed by atoms with van der Waals surface area (Å²) in [5, 5.41) is 13.0. The van der Waals surface area contributed by atoms with E-state index in [0.717, 1.165) is 55.5 Å². The molecule has 264 valence electrons. The van der Waals surface area contributed by atoms with Crippen molar-refractivity contribution in [1.82, 2.24) is 19.1 Å². The Kier molecular flexibility index (Phi) is 6.10. The van der Waals surface area contributed by atoms with Crippen LogP contribution in [0.3, 0.4) is 0 Å². The molecule has 0 aliphatic carbocycles. The van der Waals surface area contributed by atoms with Gasteiger partial charge in [0.25, 0.3) is 0 Å². The van der Waals surface area contributed by atoms with Gasteiger partial charge in [-0.3, -0.25) is 4.57 Å². The van der Waals surface area contributed by atoms with Gasteiger partial charge >= 0.3 is 0 Å². The largest absolute Gasteiger partial charge is 0.436 e. The van der Waals surface area contributed by atoms with E-state index in [-0.39, 0.29) is 0 Å². The number of furan rings is 1. The number of rotatable bonds is 3. The number of benzene rings is 9. The Morgan fingerprint density at radius 1 is 0.404 bits per heavy atom. The molecule has 0 saturated heterocycles. The van der Waals surface area contributed by atoms with E-state index in [0.29, 0.717) is 5.71 Å². The van der Waals surface area contributed by atoms with Crippen LogP contribution < -0.4 is 0 Å². The summed E-state index contributed by atoms with van der Waals surface area (Å²) >= 11 is 0. The third kappa shape index (κ3) is 4.28. The molecule has 0 N–H and O–H groups in total. The van der Waals surface area contributed by atoms with Gasteiger partial charge in [-0.25, -0.2) is 9.97 Å². The van der Waals surface area contributed by atoms with Gasteiger partial charge in [0.05, 0.1) is 33.6 Å². The van der Waals surface area contributed by atoms with Crippen LogP contribution in [0.15, 0.2) is 187 Å². The second-order valence-electron chi connectivity index (χ2n) is 15.0. The molecule has 9 aromatic carbocycles. The van der Waals surface area contributed by atoms with Gasteiger partial charge in [-0.1, -0.05) is 127 Å². The second kappa shape index (κ2) is 11.4. The average molecular weight is 727 g/mol. The number of aromatic nitrogens is 4. The number of fused-ring (bicyclic) bond motifs is 15. The molecule has 0 aliphatic rings. The molecule has 5 nitrogen and oxygen atoms in total. The topological polar surface area (TPSA) is 48.8 Å². The molecule has 57 heavy (non-hydrogen) atoms. The summed E-state index contributed by atoms with van der Waals surface area (Å²) in [4.78, 5) is 10.3. The van der Waals surface area contributed by atoms with Crippen molar-refractivity contribution in [2.75, 3.05) is 0 Å².